The van der Waals surface area contributed by atoms with Crippen molar-refractivity contribution in [1.82, 2.24) is 15.1 Å². The van der Waals surface area contributed by atoms with Crippen LogP contribution in [0.15, 0.2) is 12.4 Å². The van der Waals surface area contributed by atoms with Gasteiger partial charge >= 0.3 is 5.97 Å². The van der Waals surface area contributed by atoms with E-state index in [0.29, 0.717) is 5.92 Å². The molecule has 0 bridgehead atoms. The van der Waals surface area contributed by atoms with E-state index in [9.17, 15) is 4.79 Å². The summed E-state index contributed by atoms with van der Waals surface area (Å²) in [5.74, 6) is -0.257. The molecule has 1 aromatic rings. The van der Waals surface area contributed by atoms with Crippen LogP contribution < -0.4 is 5.32 Å². The number of rotatable bonds is 8. The van der Waals surface area contributed by atoms with Crippen LogP contribution in [0.25, 0.3) is 0 Å². The fraction of sp³-hybridized carbons (Fsp3) is 0.667. The van der Waals surface area contributed by atoms with Gasteiger partial charge < -0.3 is 10.4 Å². The van der Waals surface area contributed by atoms with Gasteiger partial charge in [0.2, 0.25) is 0 Å². The smallest absolute Gasteiger partial charge is 0.303 e. The predicted molar refractivity (Wildman–Crippen MR) is 65.6 cm³/mol. The standard InChI is InChI=1S/C12H21N3O2/c1-10(3-4-12(16)17)5-6-13-7-11-8-14-15(2)9-11/h8-10,13H,3-7H2,1-2H3,(H,16,17). The summed E-state index contributed by atoms with van der Waals surface area (Å²) in [7, 11) is 1.90. The molecule has 1 aromatic heterocycles. The zero-order chi connectivity index (χ0) is 12.7. The van der Waals surface area contributed by atoms with E-state index in [1.165, 1.54) is 5.56 Å². The number of carboxylic acids is 1. The Morgan fingerprint density at radius 3 is 2.94 bits per heavy atom. The summed E-state index contributed by atoms with van der Waals surface area (Å²) in [6, 6.07) is 0. The Morgan fingerprint density at radius 1 is 1.59 bits per heavy atom. The zero-order valence-corrected chi connectivity index (χ0v) is 10.5. The maximum Gasteiger partial charge on any atom is 0.303 e. The van der Waals surface area contributed by atoms with Crippen LogP contribution in [0, 0.1) is 5.92 Å². The maximum atomic E-state index is 10.4. The number of aromatic nitrogens is 2. The van der Waals surface area contributed by atoms with Crippen LogP contribution in [0.2, 0.25) is 0 Å². The second kappa shape index (κ2) is 7.06. The molecule has 0 aromatic carbocycles. The van der Waals surface area contributed by atoms with Crippen molar-refractivity contribution in [2.24, 2.45) is 13.0 Å². The average Bonchev–Trinajstić information content (AvgIpc) is 2.68. The minimum Gasteiger partial charge on any atom is -0.481 e. The molecule has 2 N–H and O–H groups in total. The van der Waals surface area contributed by atoms with Crippen molar-refractivity contribution in [3.63, 3.8) is 0 Å². The Kier molecular flexibility index (Phi) is 5.69. The normalized spacial score (nSPS) is 12.6. The number of hydrogen-bond donors (Lipinski definition) is 2. The Hall–Kier alpha value is -1.36. The fourth-order valence-corrected chi connectivity index (χ4v) is 1.66. The molecule has 17 heavy (non-hydrogen) atoms. The number of carbonyl (C=O) groups is 1. The van der Waals surface area contributed by atoms with E-state index >= 15 is 0 Å². The van der Waals surface area contributed by atoms with E-state index in [-0.39, 0.29) is 6.42 Å². The topological polar surface area (TPSA) is 67.2 Å². The van der Waals surface area contributed by atoms with Crippen LogP contribution in [0.1, 0.15) is 31.7 Å². The first-order valence-corrected chi connectivity index (χ1v) is 5.98. The molecule has 0 saturated heterocycles. The van der Waals surface area contributed by atoms with Crippen molar-refractivity contribution in [3.8, 4) is 0 Å². The van der Waals surface area contributed by atoms with Crippen molar-refractivity contribution in [2.45, 2.75) is 32.7 Å². The van der Waals surface area contributed by atoms with Crippen LogP contribution in [-0.4, -0.2) is 27.4 Å². The number of aliphatic carboxylic acids is 1. The highest BCUT2D eigenvalue weighted by Crippen LogP contribution is 2.09. The highest BCUT2D eigenvalue weighted by molar-refractivity contribution is 5.66. The van der Waals surface area contributed by atoms with Gasteiger partial charge in [-0.05, 0) is 25.3 Å². The van der Waals surface area contributed by atoms with Crippen molar-refractivity contribution in [3.05, 3.63) is 18.0 Å². The number of carboxylic acid groups (broad SMARTS) is 1. The van der Waals surface area contributed by atoms with Crippen LogP contribution in [0.4, 0.5) is 0 Å². The molecule has 1 heterocycles. The van der Waals surface area contributed by atoms with E-state index in [2.05, 4.69) is 17.3 Å². The van der Waals surface area contributed by atoms with Gasteiger partial charge in [-0.1, -0.05) is 6.92 Å². The Morgan fingerprint density at radius 2 is 2.35 bits per heavy atom. The predicted octanol–water partition coefficient (Wildman–Crippen LogP) is 1.40. The van der Waals surface area contributed by atoms with Crippen LogP contribution >= 0.6 is 0 Å². The van der Waals surface area contributed by atoms with Gasteiger partial charge in [-0.3, -0.25) is 9.48 Å². The monoisotopic (exact) mass is 239 g/mol. The van der Waals surface area contributed by atoms with Crippen molar-refractivity contribution in [1.29, 1.82) is 0 Å². The number of nitrogens with zero attached hydrogens (tertiary/aromatic N) is 2. The van der Waals surface area contributed by atoms with Crippen molar-refractivity contribution >= 4 is 5.97 Å². The second-order valence-corrected chi connectivity index (χ2v) is 4.53. The minimum absolute atomic E-state index is 0.268. The fourth-order valence-electron chi connectivity index (χ4n) is 1.66. The lowest BCUT2D eigenvalue weighted by molar-refractivity contribution is -0.137. The molecule has 0 aliphatic carbocycles. The summed E-state index contributed by atoms with van der Waals surface area (Å²) in [5, 5.41) is 16.0. The summed E-state index contributed by atoms with van der Waals surface area (Å²) in [6.45, 7) is 3.82. The van der Waals surface area contributed by atoms with E-state index in [0.717, 1.165) is 25.9 Å². The third kappa shape index (κ3) is 6.06. The van der Waals surface area contributed by atoms with Gasteiger partial charge in [-0.25, -0.2) is 0 Å². The summed E-state index contributed by atoms with van der Waals surface area (Å²) in [5.41, 5.74) is 1.17. The molecule has 0 radical (unpaired) electrons. The van der Waals surface area contributed by atoms with E-state index in [1.807, 2.05) is 19.4 Å². The van der Waals surface area contributed by atoms with Gasteiger partial charge in [0.15, 0.2) is 0 Å². The molecular formula is C12H21N3O2. The largest absolute Gasteiger partial charge is 0.481 e. The molecule has 96 valence electrons. The van der Waals surface area contributed by atoms with E-state index in [1.54, 1.807) is 4.68 Å². The molecule has 1 atom stereocenters. The first-order chi connectivity index (χ1) is 8.08. The zero-order valence-electron chi connectivity index (χ0n) is 10.5. The third-order valence-corrected chi connectivity index (χ3v) is 2.75. The lowest BCUT2D eigenvalue weighted by Gasteiger charge is -2.10. The van der Waals surface area contributed by atoms with Crippen LogP contribution in [-0.2, 0) is 18.4 Å². The van der Waals surface area contributed by atoms with Gasteiger partial charge in [0, 0.05) is 31.8 Å². The molecule has 0 saturated carbocycles. The van der Waals surface area contributed by atoms with Crippen molar-refractivity contribution < 1.29 is 9.90 Å². The third-order valence-electron chi connectivity index (χ3n) is 2.75. The first kappa shape index (κ1) is 13.7. The van der Waals surface area contributed by atoms with Crippen LogP contribution in [0.5, 0.6) is 0 Å². The SMILES string of the molecule is CC(CCNCc1cnn(C)c1)CCC(=O)O. The van der Waals surface area contributed by atoms with Crippen molar-refractivity contribution in [2.75, 3.05) is 6.54 Å². The molecule has 0 aliphatic rings. The Labute approximate surface area is 102 Å². The quantitative estimate of drug-likeness (QED) is 0.673. The average molecular weight is 239 g/mol. The molecule has 5 heteroatoms. The maximum absolute atomic E-state index is 10.4. The lowest BCUT2D eigenvalue weighted by Crippen LogP contribution is -2.17. The minimum atomic E-state index is -0.708. The highest BCUT2D eigenvalue weighted by Gasteiger charge is 2.05. The second-order valence-electron chi connectivity index (χ2n) is 4.53. The van der Waals surface area contributed by atoms with Gasteiger partial charge in [0.1, 0.15) is 0 Å². The Balaban J connectivity index is 2.05. The molecule has 1 unspecified atom stereocenters. The molecule has 0 amide bonds. The Bertz CT molecular complexity index is 349. The van der Waals surface area contributed by atoms with E-state index in [4.69, 9.17) is 5.11 Å². The first-order valence-electron chi connectivity index (χ1n) is 5.98. The van der Waals surface area contributed by atoms with E-state index < -0.39 is 5.97 Å². The summed E-state index contributed by atoms with van der Waals surface area (Å²) < 4.78 is 1.78. The van der Waals surface area contributed by atoms with Gasteiger partial charge in [-0.2, -0.15) is 5.10 Å². The molecule has 5 nitrogen and oxygen atoms in total. The molecule has 1 rings (SSSR count). The number of hydrogen-bond acceptors (Lipinski definition) is 3. The van der Waals surface area contributed by atoms with Gasteiger partial charge in [0.25, 0.3) is 0 Å². The summed E-state index contributed by atoms with van der Waals surface area (Å²) >= 11 is 0. The molecular weight excluding hydrogens is 218 g/mol. The van der Waals surface area contributed by atoms with Crippen LogP contribution in [0.3, 0.4) is 0 Å². The molecule has 0 fully saturated rings. The molecule has 0 aliphatic heterocycles. The van der Waals surface area contributed by atoms with Gasteiger partial charge in [-0.15, -0.1) is 0 Å². The highest BCUT2D eigenvalue weighted by atomic mass is 16.4. The lowest BCUT2D eigenvalue weighted by atomic mass is 10.0. The number of aryl methyl sites for hydroxylation is 1. The summed E-state index contributed by atoms with van der Waals surface area (Å²) in [6.07, 6.45) is 5.86. The van der Waals surface area contributed by atoms with Gasteiger partial charge in [0.05, 0.1) is 6.20 Å². The summed E-state index contributed by atoms with van der Waals surface area (Å²) in [4.78, 5) is 10.4. The number of nitrogens with one attached hydrogen (secondary N) is 1. The molecule has 0 spiro atoms.